The van der Waals surface area contributed by atoms with E-state index in [1.54, 1.807) is 30.0 Å². The van der Waals surface area contributed by atoms with E-state index in [1.165, 1.54) is 0 Å². The van der Waals surface area contributed by atoms with E-state index in [0.29, 0.717) is 67.1 Å². The van der Waals surface area contributed by atoms with Crippen molar-refractivity contribution in [2.24, 2.45) is 0 Å². The third-order valence-electron chi connectivity index (χ3n) is 6.01. The number of carbonyl (C=O) groups is 2. The van der Waals surface area contributed by atoms with E-state index in [2.05, 4.69) is 10.2 Å². The van der Waals surface area contributed by atoms with E-state index in [0.717, 1.165) is 12.0 Å². The Labute approximate surface area is 193 Å². The number of benzene rings is 2. The second-order valence-corrected chi connectivity index (χ2v) is 8.35. The van der Waals surface area contributed by atoms with Crippen molar-refractivity contribution >= 4 is 22.8 Å². The number of carbonyl (C=O) groups excluding carboxylic acids is 2. The lowest BCUT2D eigenvalue weighted by Crippen LogP contribution is -2.51. The van der Waals surface area contributed by atoms with Gasteiger partial charge in [0.1, 0.15) is 5.76 Å². The Bertz CT molecular complexity index is 1210. The molecule has 0 atom stereocenters. The summed E-state index contributed by atoms with van der Waals surface area (Å²) < 4.78 is 6.20. The number of amides is 2. The zero-order valence-corrected chi connectivity index (χ0v) is 19.1. The molecule has 3 aromatic rings. The van der Waals surface area contributed by atoms with Gasteiger partial charge in [0.2, 0.25) is 5.91 Å². The fourth-order valence-corrected chi connectivity index (χ4v) is 4.15. The van der Waals surface area contributed by atoms with Crippen LogP contribution in [-0.4, -0.2) is 60.9 Å². The second-order valence-electron chi connectivity index (χ2n) is 8.35. The molecule has 1 fully saturated rings. The van der Waals surface area contributed by atoms with Crippen molar-refractivity contribution in [1.82, 2.24) is 15.1 Å². The third kappa shape index (κ3) is 4.83. The summed E-state index contributed by atoms with van der Waals surface area (Å²) in [6.07, 6.45) is 0.903. The van der Waals surface area contributed by atoms with E-state index in [4.69, 9.17) is 4.42 Å². The van der Waals surface area contributed by atoms with Crippen LogP contribution in [0.25, 0.3) is 22.3 Å². The predicted octanol–water partition coefficient (Wildman–Crippen LogP) is 3.05. The molecule has 1 saturated heterocycles. The van der Waals surface area contributed by atoms with E-state index < -0.39 is 0 Å². The molecule has 0 aliphatic carbocycles. The molecule has 33 heavy (non-hydrogen) atoms. The van der Waals surface area contributed by atoms with E-state index in [9.17, 15) is 14.4 Å². The van der Waals surface area contributed by atoms with Crippen LogP contribution in [0.1, 0.15) is 29.3 Å². The van der Waals surface area contributed by atoms with Crippen molar-refractivity contribution in [2.45, 2.75) is 20.3 Å². The molecule has 0 spiro atoms. The molecular formula is C26H29N3O4. The topological polar surface area (TPSA) is 82.9 Å². The smallest absolute Gasteiger partial charge is 0.257 e. The van der Waals surface area contributed by atoms with Gasteiger partial charge in [-0.25, -0.2) is 0 Å². The van der Waals surface area contributed by atoms with Crippen molar-refractivity contribution < 1.29 is 14.0 Å². The van der Waals surface area contributed by atoms with Crippen molar-refractivity contribution in [1.29, 1.82) is 0 Å². The minimum absolute atomic E-state index is 0.0104. The highest BCUT2D eigenvalue weighted by molar-refractivity contribution is 6.05. The fraction of sp³-hybridized carbons (Fsp3) is 0.346. The van der Waals surface area contributed by atoms with Crippen LogP contribution in [0.5, 0.6) is 0 Å². The number of rotatable bonds is 6. The molecule has 2 aromatic carbocycles. The summed E-state index contributed by atoms with van der Waals surface area (Å²) in [7, 11) is 0. The Morgan fingerprint density at radius 2 is 1.73 bits per heavy atom. The van der Waals surface area contributed by atoms with E-state index >= 15 is 0 Å². The molecule has 7 nitrogen and oxygen atoms in total. The lowest BCUT2D eigenvalue weighted by atomic mass is 10.0. The summed E-state index contributed by atoms with van der Waals surface area (Å²) in [4.78, 5) is 42.3. The maximum absolute atomic E-state index is 13.4. The molecule has 0 saturated carbocycles. The lowest BCUT2D eigenvalue weighted by molar-refractivity contribution is -0.122. The van der Waals surface area contributed by atoms with Crippen LogP contribution in [0.4, 0.5) is 0 Å². The normalized spacial score (nSPS) is 14.4. The van der Waals surface area contributed by atoms with Gasteiger partial charge in [-0.15, -0.1) is 0 Å². The first-order chi connectivity index (χ1) is 16.0. The fourth-order valence-electron chi connectivity index (χ4n) is 4.15. The molecule has 0 unspecified atom stereocenters. The Balaban J connectivity index is 1.57. The summed E-state index contributed by atoms with van der Waals surface area (Å²) in [5.74, 6) is 0.328. The van der Waals surface area contributed by atoms with Gasteiger partial charge < -0.3 is 14.6 Å². The molecule has 172 valence electrons. The Hall–Kier alpha value is -3.45. The SMILES string of the molecule is CCCNC(=O)CN1CCN(C(=O)c2cccc3c(=O)c(C)c(-c4ccccc4)oc23)CC1. The molecule has 7 heteroatoms. The maximum Gasteiger partial charge on any atom is 0.257 e. The lowest BCUT2D eigenvalue weighted by Gasteiger charge is -2.34. The zero-order chi connectivity index (χ0) is 23.4. The first-order valence-electron chi connectivity index (χ1n) is 11.4. The average Bonchev–Trinajstić information content (AvgIpc) is 2.85. The van der Waals surface area contributed by atoms with Crippen LogP contribution in [0.3, 0.4) is 0 Å². The molecule has 2 amide bonds. The highest BCUT2D eigenvalue weighted by Crippen LogP contribution is 2.28. The van der Waals surface area contributed by atoms with E-state index in [1.807, 2.05) is 37.3 Å². The monoisotopic (exact) mass is 447 g/mol. The number of hydrogen-bond donors (Lipinski definition) is 1. The number of fused-ring (bicyclic) bond motifs is 1. The van der Waals surface area contributed by atoms with Gasteiger partial charge in [0.25, 0.3) is 5.91 Å². The Morgan fingerprint density at radius 3 is 2.42 bits per heavy atom. The van der Waals surface area contributed by atoms with Gasteiger partial charge in [0, 0.05) is 43.9 Å². The van der Waals surface area contributed by atoms with Crippen molar-refractivity contribution in [2.75, 3.05) is 39.3 Å². The average molecular weight is 448 g/mol. The Kier molecular flexibility index (Phi) is 6.89. The molecule has 0 radical (unpaired) electrons. The van der Waals surface area contributed by atoms with Gasteiger partial charge >= 0.3 is 0 Å². The van der Waals surface area contributed by atoms with Crippen molar-refractivity contribution in [3.8, 4) is 11.3 Å². The van der Waals surface area contributed by atoms with Gasteiger partial charge in [0.05, 0.1) is 17.5 Å². The van der Waals surface area contributed by atoms with Gasteiger partial charge in [-0.3, -0.25) is 19.3 Å². The molecule has 2 heterocycles. The number of nitrogens with zero attached hydrogens (tertiary/aromatic N) is 2. The quantitative estimate of drug-likeness (QED) is 0.628. The first kappa shape index (κ1) is 22.7. The highest BCUT2D eigenvalue weighted by Gasteiger charge is 2.26. The van der Waals surface area contributed by atoms with Crippen LogP contribution in [0, 0.1) is 6.92 Å². The van der Waals surface area contributed by atoms with Gasteiger partial charge in [-0.1, -0.05) is 43.3 Å². The van der Waals surface area contributed by atoms with Crippen LogP contribution >= 0.6 is 0 Å². The Morgan fingerprint density at radius 1 is 1.00 bits per heavy atom. The first-order valence-corrected chi connectivity index (χ1v) is 11.4. The van der Waals surface area contributed by atoms with Crippen LogP contribution < -0.4 is 10.7 Å². The largest absolute Gasteiger partial charge is 0.455 e. The summed E-state index contributed by atoms with van der Waals surface area (Å²) >= 11 is 0. The second kappa shape index (κ2) is 10.0. The molecule has 1 aromatic heterocycles. The highest BCUT2D eigenvalue weighted by atomic mass is 16.3. The predicted molar refractivity (Wildman–Crippen MR) is 128 cm³/mol. The van der Waals surface area contributed by atoms with Crippen molar-refractivity contribution in [3.63, 3.8) is 0 Å². The summed E-state index contributed by atoms with van der Waals surface area (Å²) in [5, 5.41) is 3.29. The number of nitrogens with one attached hydrogen (secondary N) is 1. The standard InChI is InChI=1S/C26H29N3O4/c1-3-12-27-22(30)17-28-13-15-29(16-14-28)26(32)21-11-7-10-20-23(31)18(2)24(33-25(20)21)19-8-5-4-6-9-19/h4-11H,3,12-17H2,1-2H3,(H,27,30). The summed E-state index contributed by atoms with van der Waals surface area (Å²) in [5.41, 5.74) is 1.89. The van der Waals surface area contributed by atoms with Gasteiger partial charge in [-0.05, 0) is 25.5 Å². The maximum atomic E-state index is 13.4. The zero-order valence-electron chi connectivity index (χ0n) is 19.1. The van der Waals surface area contributed by atoms with Gasteiger partial charge in [0.15, 0.2) is 11.0 Å². The van der Waals surface area contributed by atoms with Crippen LogP contribution in [0.2, 0.25) is 0 Å². The number of para-hydroxylation sites is 1. The molecule has 4 rings (SSSR count). The molecule has 0 bridgehead atoms. The number of piperazine rings is 1. The molecule has 1 aliphatic rings. The molecule has 1 N–H and O–H groups in total. The summed E-state index contributed by atoms with van der Waals surface area (Å²) in [6, 6.07) is 14.6. The number of hydrogen-bond acceptors (Lipinski definition) is 5. The third-order valence-corrected chi connectivity index (χ3v) is 6.01. The summed E-state index contributed by atoms with van der Waals surface area (Å²) in [6.45, 7) is 7.04. The van der Waals surface area contributed by atoms with Crippen LogP contribution in [-0.2, 0) is 4.79 Å². The molecular weight excluding hydrogens is 418 g/mol. The van der Waals surface area contributed by atoms with E-state index in [-0.39, 0.29) is 17.2 Å². The van der Waals surface area contributed by atoms with Crippen LogP contribution in [0.15, 0.2) is 57.7 Å². The minimum atomic E-state index is -0.165. The minimum Gasteiger partial charge on any atom is -0.455 e. The van der Waals surface area contributed by atoms with Crippen molar-refractivity contribution in [3.05, 3.63) is 69.9 Å². The molecule has 1 aliphatic heterocycles. The van der Waals surface area contributed by atoms with Gasteiger partial charge in [-0.2, -0.15) is 0 Å².